The van der Waals surface area contributed by atoms with Crippen molar-refractivity contribution in [3.8, 4) is 11.3 Å². The van der Waals surface area contributed by atoms with Gasteiger partial charge in [0.15, 0.2) is 17.3 Å². The summed E-state index contributed by atoms with van der Waals surface area (Å²) in [5, 5.41) is 5.44. The molecule has 0 fully saturated rings. The van der Waals surface area contributed by atoms with Crippen LogP contribution in [0.15, 0.2) is 36.4 Å². The Morgan fingerprint density at radius 2 is 1.72 bits per heavy atom. The van der Waals surface area contributed by atoms with Gasteiger partial charge in [0.05, 0.1) is 11.4 Å². The zero-order valence-corrected chi connectivity index (χ0v) is 15.0. The van der Waals surface area contributed by atoms with Gasteiger partial charge in [-0.25, -0.2) is 13.2 Å². The standard InChI is InChI=1S/C19H13F6N3O/c1-9-3-6-13(17(22)16(9)21)26-18(29)10-4-5-11(12(20)7-10)14-8-15(19(23,24)25)27-28(14)2/h3-8H,1-2H3,(H,26,29). The molecule has 0 aliphatic rings. The molecule has 0 spiro atoms. The summed E-state index contributed by atoms with van der Waals surface area (Å²) >= 11 is 0. The Labute approximate surface area is 160 Å². The molecule has 0 bridgehead atoms. The fourth-order valence-corrected chi connectivity index (χ4v) is 2.66. The first kappa shape index (κ1) is 20.4. The van der Waals surface area contributed by atoms with E-state index in [1.807, 2.05) is 0 Å². The molecule has 3 aromatic rings. The van der Waals surface area contributed by atoms with Gasteiger partial charge in [0.25, 0.3) is 5.91 Å². The lowest BCUT2D eigenvalue weighted by atomic mass is 10.1. The van der Waals surface area contributed by atoms with Crippen molar-refractivity contribution in [1.82, 2.24) is 9.78 Å². The van der Waals surface area contributed by atoms with Crippen LogP contribution in [0.3, 0.4) is 0 Å². The number of hydrogen-bond acceptors (Lipinski definition) is 2. The van der Waals surface area contributed by atoms with Crippen molar-refractivity contribution in [2.75, 3.05) is 5.32 Å². The third kappa shape index (κ3) is 3.96. The highest BCUT2D eigenvalue weighted by Gasteiger charge is 2.35. The number of carbonyl (C=O) groups excluding carboxylic acids is 1. The zero-order chi connectivity index (χ0) is 21.5. The quantitative estimate of drug-likeness (QED) is 0.609. The van der Waals surface area contributed by atoms with Gasteiger partial charge in [-0.15, -0.1) is 0 Å². The summed E-state index contributed by atoms with van der Waals surface area (Å²) in [7, 11) is 1.22. The van der Waals surface area contributed by atoms with Gasteiger partial charge in [0.1, 0.15) is 5.82 Å². The molecule has 0 unspecified atom stereocenters. The highest BCUT2D eigenvalue weighted by Crippen LogP contribution is 2.32. The van der Waals surface area contributed by atoms with Crippen LogP contribution >= 0.6 is 0 Å². The van der Waals surface area contributed by atoms with Gasteiger partial charge in [-0.1, -0.05) is 6.07 Å². The molecule has 0 saturated heterocycles. The van der Waals surface area contributed by atoms with Crippen LogP contribution in [0.25, 0.3) is 11.3 Å². The van der Waals surface area contributed by atoms with Crippen molar-refractivity contribution in [2.24, 2.45) is 7.05 Å². The van der Waals surface area contributed by atoms with E-state index in [2.05, 4.69) is 10.4 Å². The number of aryl methyl sites for hydroxylation is 2. The predicted molar refractivity (Wildman–Crippen MR) is 92.7 cm³/mol. The normalized spacial score (nSPS) is 11.6. The first-order chi connectivity index (χ1) is 13.5. The van der Waals surface area contributed by atoms with Crippen LogP contribution in [0.4, 0.5) is 32.0 Å². The van der Waals surface area contributed by atoms with Crippen molar-refractivity contribution >= 4 is 11.6 Å². The number of benzene rings is 2. The Morgan fingerprint density at radius 3 is 2.31 bits per heavy atom. The lowest BCUT2D eigenvalue weighted by Gasteiger charge is -2.10. The molecule has 1 amide bonds. The molecule has 0 radical (unpaired) electrons. The highest BCUT2D eigenvalue weighted by atomic mass is 19.4. The van der Waals surface area contributed by atoms with Crippen LogP contribution in [-0.2, 0) is 13.2 Å². The van der Waals surface area contributed by atoms with Crippen LogP contribution in [0.2, 0.25) is 0 Å². The SMILES string of the molecule is Cc1ccc(NC(=O)c2ccc(-c3cc(C(F)(F)F)nn3C)c(F)c2)c(F)c1F. The smallest absolute Gasteiger partial charge is 0.319 e. The molecule has 4 nitrogen and oxygen atoms in total. The van der Waals surface area contributed by atoms with Crippen LogP contribution in [0, 0.1) is 24.4 Å². The molecule has 0 saturated carbocycles. The third-order valence-corrected chi connectivity index (χ3v) is 4.20. The molecule has 3 rings (SSSR count). The number of halogens is 6. The maximum atomic E-state index is 14.5. The minimum atomic E-state index is -4.69. The Morgan fingerprint density at radius 1 is 1.03 bits per heavy atom. The minimum absolute atomic E-state index is 0.0466. The summed E-state index contributed by atoms with van der Waals surface area (Å²) in [5.74, 6) is -4.28. The summed E-state index contributed by atoms with van der Waals surface area (Å²) in [6, 6.07) is 6.14. The molecule has 0 aliphatic heterocycles. The van der Waals surface area contributed by atoms with Crippen molar-refractivity contribution < 1.29 is 31.1 Å². The molecule has 29 heavy (non-hydrogen) atoms. The first-order valence-corrected chi connectivity index (χ1v) is 8.16. The topological polar surface area (TPSA) is 46.9 Å². The van der Waals surface area contributed by atoms with Crippen molar-refractivity contribution in [1.29, 1.82) is 0 Å². The predicted octanol–water partition coefficient (Wildman–Crippen LogP) is 5.08. The van der Waals surface area contributed by atoms with Crippen molar-refractivity contribution in [3.63, 3.8) is 0 Å². The average Bonchev–Trinajstić information content (AvgIpc) is 3.04. The van der Waals surface area contributed by atoms with E-state index in [0.717, 1.165) is 28.9 Å². The third-order valence-electron chi connectivity index (χ3n) is 4.20. The molecule has 0 atom stereocenters. The summed E-state index contributed by atoms with van der Waals surface area (Å²) in [6.45, 7) is 1.35. The van der Waals surface area contributed by atoms with Gasteiger partial charge in [0, 0.05) is 18.2 Å². The lowest BCUT2D eigenvalue weighted by Crippen LogP contribution is -2.14. The first-order valence-electron chi connectivity index (χ1n) is 8.16. The Kier molecular flexibility index (Phi) is 5.12. The van der Waals surface area contributed by atoms with Gasteiger partial charge in [-0.2, -0.15) is 18.3 Å². The average molecular weight is 413 g/mol. The monoisotopic (exact) mass is 413 g/mol. The maximum Gasteiger partial charge on any atom is 0.435 e. The molecule has 1 N–H and O–H groups in total. The Hall–Kier alpha value is -3.30. The maximum absolute atomic E-state index is 14.5. The molecular weight excluding hydrogens is 400 g/mol. The van der Waals surface area contributed by atoms with E-state index < -0.39 is 40.9 Å². The number of alkyl halides is 3. The number of nitrogens with one attached hydrogen (secondary N) is 1. The summed E-state index contributed by atoms with van der Waals surface area (Å²) in [6.07, 6.45) is -4.69. The molecule has 2 aromatic carbocycles. The lowest BCUT2D eigenvalue weighted by molar-refractivity contribution is -0.141. The highest BCUT2D eigenvalue weighted by molar-refractivity contribution is 6.04. The van der Waals surface area contributed by atoms with E-state index in [1.165, 1.54) is 20.0 Å². The largest absolute Gasteiger partial charge is 0.435 e. The van der Waals surface area contributed by atoms with E-state index in [4.69, 9.17) is 0 Å². The van der Waals surface area contributed by atoms with Gasteiger partial charge in [0.2, 0.25) is 0 Å². The zero-order valence-electron chi connectivity index (χ0n) is 15.0. The van der Waals surface area contributed by atoms with Crippen LogP contribution < -0.4 is 5.32 Å². The molecule has 152 valence electrons. The van der Waals surface area contributed by atoms with E-state index in [1.54, 1.807) is 0 Å². The van der Waals surface area contributed by atoms with Crippen molar-refractivity contribution in [2.45, 2.75) is 13.1 Å². The fourth-order valence-electron chi connectivity index (χ4n) is 2.66. The molecular formula is C19H13F6N3O. The van der Waals surface area contributed by atoms with Gasteiger partial charge in [-0.3, -0.25) is 9.48 Å². The number of aromatic nitrogens is 2. The van der Waals surface area contributed by atoms with E-state index in [0.29, 0.717) is 6.07 Å². The van der Waals surface area contributed by atoms with E-state index in [9.17, 15) is 31.1 Å². The summed E-state index contributed by atoms with van der Waals surface area (Å²) in [4.78, 5) is 12.2. The minimum Gasteiger partial charge on any atom is -0.319 e. The molecule has 10 heteroatoms. The Bertz CT molecular complexity index is 1100. The number of anilines is 1. The van der Waals surface area contributed by atoms with Crippen LogP contribution in [-0.4, -0.2) is 15.7 Å². The molecule has 1 aromatic heterocycles. The second kappa shape index (κ2) is 7.26. The summed E-state index contributed by atoms with van der Waals surface area (Å²) < 4.78 is 81.2. The number of hydrogen-bond donors (Lipinski definition) is 1. The van der Waals surface area contributed by atoms with E-state index in [-0.39, 0.29) is 22.4 Å². The second-order valence-electron chi connectivity index (χ2n) is 6.24. The molecule has 0 aliphatic carbocycles. The van der Waals surface area contributed by atoms with Crippen LogP contribution in [0.5, 0.6) is 0 Å². The van der Waals surface area contributed by atoms with Crippen molar-refractivity contribution in [3.05, 3.63) is 70.7 Å². The molecule has 1 heterocycles. The Balaban J connectivity index is 1.89. The van der Waals surface area contributed by atoms with E-state index >= 15 is 0 Å². The van der Waals surface area contributed by atoms with Crippen LogP contribution in [0.1, 0.15) is 21.6 Å². The number of nitrogens with zero attached hydrogens (tertiary/aromatic N) is 2. The fraction of sp³-hybridized carbons (Fsp3) is 0.158. The van der Waals surface area contributed by atoms with Gasteiger partial charge >= 0.3 is 6.18 Å². The number of amides is 1. The second-order valence-corrected chi connectivity index (χ2v) is 6.24. The van der Waals surface area contributed by atoms with Gasteiger partial charge in [-0.05, 0) is 42.8 Å². The number of rotatable bonds is 3. The van der Waals surface area contributed by atoms with Gasteiger partial charge < -0.3 is 5.32 Å². The number of carbonyl (C=O) groups is 1. The summed E-state index contributed by atoms with van der Waals surface area (Å²) in [5.41, 5.74) is -2.15.